The summed E-state index contributed by atoms with van der Waals surface area (Å²) in [6.45, 7) is 0.0679. The quantitative estimate of drug-likeness (QED) is 0.660. The maximum Gasteiger partial charge on any atom is 0.335 e. The minimum absolute atomic E-state index is 0.0679. The van der Waals surface area contributed by atoms with Crippen molar-refractivity contribution in [1.29, 1.82) is 0 Å². The molecule has 2 aromatic carbocycles. The van der Waals surface area contributed by atoms with Crippen LogP contribution in [0, 0.1) is 0 Å². The number of amides is 4. The summed E-state index contributed by atoms with van der Waals surface area (Å²) in [5, 5.41) is 2.18. The second-order valence-electron chi connectivity index (χ2n) is 5.77. The van der Waals surface area contributed by atoms with E-state index in [4.69, 9.17) is 14.2 Å². The number of carbonyl (C=O) groups is 3. The van der Waals surface area contributed by atoms with Crippen LogP contribution in [0.1, 0.15) is 5.56 Å². The molecule has 0 radical (unpaired) electrons. The van der Waals surface area contributed by atoms with Crippen LogP contribution in [0.15, 0.2) is 48.0 Å². The average Bonchev–Trinajstić information content (AvgIpc) is 3.13. The maximum absolute atomic E-state index is 12.9. The summed E-state index contributed by atoms with van der Waals surface area (Å²) in [7, 11) is 1.52. The van der Waals surface area contributed by atoms with Gasteiger partial charge in [0.25, 0.3) is 11.8 Å². The first-order valence-electron chi connectivity index (χ1n) is 8.02. The third-order valence-corrected chi connectivity index (χ3v) is 4.12. The second-order valence-corrected chi connectivity index (χ2v) is 5.77. The lowest BCUT2D eigenvalue weighted by molar-refractivity contribution is -0.122. The molecule has 8 nitrogen and oxygen atoms in total. The molecule has 0 aromatic heterocycles. The molecular weight excluding hydrogens is 352 g/mol. The summed E-state index contributed by atoms with van der Waals surface area (Å²) in [5.74, 6) is 0.0298. The normalized spacial score (nSPS) is 17.3. The molecule has 2 aliphatic heterocycles. The van der Waals surface area contributed by atoms with E-state index in [0.29, 0.717) is 22.8 Å². The van der Waals surface area contributed by atoms with E-state index >= 15 is 0 Å². The van der Waals surface area contributed by atoms with Crippen molar-refractivity contribution in [2.75, 3.05) is 18.8 Å². The fraction of sp³-hybridized carbons (Fsp3) is 0.105. The Morgan fingerprint density at radius 3 is 2.70 bits per heavy atom. The van der Waals surface area contributed by atoms with Crippen molar-refractivity contribution in [3.63, 3.8) is 0 Å². The van der Waals surface area contributed by atoms with E-state index in [1.807, 2.05) is 0 Å². The number of carbonyl (C=O) groups excluding carboxylic acids is 3. The minimum Gasteiger partial charge on any atom is -0.497 e. The molecule has 1 N–H and O–H groups in total. The number of ether oxygens (including phenoxy) is 3. The molecular formula is C19H14N2O6. The number of anilines is 1. The summed E-state index contributed by atoms with van der Waals surface area (Å²) in [5.41, 5.74) is 0.694. The Hall–Kier alpha value is -3.81. The Bertz CT molecular complexity index is 997. The van der Waals surface area contributed by atoms with E-state index < -0.39 is 17.8 Å². The van der Waals surface area contributed by atoms with Crippen LogP contribution in [0.25, 0.3) is 6.08 Å². The summed E-state index contributed by atoms with van der Waals surface area (Å²) < 4.78 is 15.7. The SMILES string of the molecule is COc1cccc(/C=C2\C(=O)NC(=O)N(c3ccc4c(c3)OCO4)C2=O)c1. The number of rotatable bonds is 3. The molecule has 136 valence electrons. The largest absolute Gasteiger partial charge is 0.497 e. The van der Waals surface area contributed by atoms with Crippen molar-refractivity contribution in [2.45, 2.75) is 0 Å². The highest BCUT2D eigenvalue weighted by atomic mass is 16.7. The van der Waals surface area contributed by atoms with Crippen LogP contribution in [0.4, 0.5) is 10.5 Å². The fourth-order valence-electron chi connectivity index (χ4n) is 2.81. The summed E-state index contributed by atoms with van der Waals surface area (Å²) in [6, 6.07) is 10.7. The van der Waals surface area contributed by atoms with Crippen LogP contribution in [-0.2, 0) is 9.59 Å². The third-order valence-electron chi connectivity index (χ3n) is 4.12. The van der Waals surface area contributed by atoms with Crippen LogP contribution in [0.3, 0.4) is 0 Å². The predicted molar refractivity (Wildman–Crippen MR) is 94.6 cm³/mol. The number of urea groups is 1. The summed E-state index contributed by atoms with van der Waals surface area (Å²) in [6.07, 6.45) is 1.41. The number of methoxy groups -OCH3 is 1. The lowest BCUT2D eigenvalue weighted by atomic mass is 10.1. The van der Waals surface area contributed by atoms with Crippen LogP contribution in [0.2, 0.25) is 0 Å². The molecule has 1 saturated heterocycles. The van der Waals surface area contributed by atoms with Gasteiger partial charge in [-0.3, -0.25) is 14.9 Å². The second kappa shape index (κ2) is 6.49. The van der Waals surface area contributed by atoms with Crippen LogP contribution in [-0.4, -0.2) is 31.7 Å². The van der Waals surface area contributed by atoms with Gasteiger partial charge < -0.3 is 14.2 Å². The zero-order valence-corrected chi connectivity index (χ0v) is 14.2. The highest BCUT2D eigenvalue weighted by molar-refractivity contribution is 6.39. The van der Waals surface area contributed by atoms with Crippen LogP contribution in [0.5, 0.6) is 17.2 Å². The minimum atomic E-state index is -0.827. The molecule has 8 heteroatoms. The molecule has 0 aliphatic carbocycles. The molecule has 27 heavy (non-hydrogen) atoms. The first-order valence-corrected chi connectivity index (χ1v) is 8.02. The Kier molecular flexibility index (Phi) is 4.00. The van der Waals surface area contributed by atoms with Gasteiger partial charge >= 0.3 is 6.03 Å². The van der Waals surface area contributed by atoms with Crippen LogP contribution < -0.4 is 24.4 Å². The van der Waals surface area contributed by atoms with Crippen molar-refractivity contribution >= 4 is 29.6 Å². The van der Waals surface area contributed by atoms with E-state index in [2.05, 4.69) is 5.32 Å². The Labute approximate surface area is 153 Å². The monoisotopic (exact) mass is 366 g/mol. The molecule has 4 rings (SSSR count). The van der Waals surface area contributed by atoms with Gasteiger partial charge in [0.15, 0.2) is 11.5 Å². The Morgan fingerprint density at radius 1 is 1.07 bits per heavy atom. The Balaban J connectivity index is 1.71. The molecule has 0 bridgehead atoms. The van der Waals surface area contributed by atoms with Gasteiger partial charge in [0.2, 0.25) is 6.79 Å². The van der Waals surface area contributed by atoms with Gasteiger partial charge in [0.1, 0.15) is 11.3 Å². The van der Waals surface area contributed by atoms with Gasteiger partial charge in [-0.1, -0.05) is 12.1 Å². The van der Waals surface area contributed by atoms with Gasteiger partial charge in [0, 0.05) is 6.07 Å². The summed E-state index contributed by atoms with van der Waals surface area (Å²) in [4.78, 5) is 38.2. The van der Waals surface area contributed by atoms with Crippen molar-refractivity contribution in [3.8, 4) is 17.2 Å². The van der Waals surface area contributed by atoms with Crippen molar-refractivity contribution in [3.05, 3.63) is 53.6 Å². The zero-order chi connectivity index (χ0) is 19.0. The number of benzene rings is 2. The van der Waals surface area contributed by atoms with Crippen LogP contribution >= 0.6 is 0 Å². The fourth-order valence-corrected chi connectivity index (χ4v) is 2.81. The van der Waals surface area contributed by atoms with Gasteiger partial charge in [-0.05, 0) is 35.9 Å². The number of fused-ring (bicyclic) bond motifs is 1. The highest BCUT2D eigenvalue weighted by Crippen LogP contribution is 2.36. The first-order chi connectivity index (χ1) is 13.1. The third kappa shape index (κ3) is 2.97. The molecule has 4 amide bonds. The molecule has 2 aliphatic rings. The Morgan fingerprint density at radius 2 is 1.89 bits per heavy atom. The molecule has 2 aromatic rings. The van der Waals surface area contributed by atoms with Gasteiger partial charge in [-0.25, -0.2) is 9.69 Å². The summed E-state index contributed by atoms with van der Waals surface area (Å²) >= 11 is 0. The molecule has 0 spiro atoms. The molecule has 0 unspecified atom stereocenters. The lowest BCUT2D eigenvalue weighted by Gasteiger charge is -2.26. The molecule has 2 heterocycles. The van der Waals surface area contributed by atoms with E-state index in [-0.39, 0.29) is 18.1 Å². The van der Waals surface area contributed by atoms with E-state index in [0.717, 1.165) is 4.90 Å². The lowest BCUT2D eigenvalue weighted by Crippen LogP contribution is -2.54. The van der Waals surface area contributed by atoms with E-state index in [1.54, 1.807) is 36.4 Å². The number of hydrogen-bond acceptors (Lipinski definition) is 6. The average molecular weight is 366 g/mol. The van der Waals surface area contributed by atoms with Crippen molar-refractivity contribution < 1.29 is 28.6 Å². The predicted octanol–water partition coefficient (Wildman–Crippen LogP) is 2.09. The molecule has 0 atom stereocenters. The molecule has 0 saturated carbocycles. The topological polar surface area (TPSA) is 94.2 Å². The van der Waals surface area contributed by atoms with Gasteiger partial charge in [0.05, 0.1) is 12.8 Å². The smallest absolute Gasteiger partial charge is 0.335 e. The number of hydrogen-bond donors (Lipinski definition) is 1. The van der Waals surface area contributed by atoms with E-state index in [9.17, 15) is 14.4 Å². The van der Waals surface area contributed by atoms with Gasteiger partial charge in [-0.15, -0.1) is 0 Å². The standard InChI is InChI=1S/C19H14N2O6/c1-25-13-4-2-3-11(7-13)8-14-17(22)20-19(24)21(18(14)23)12-5-6-15-16(9-12)27-10-26-15/h2-9H,10H2,1H3,(H,20,22,24)/b14-8+. The van der Waals surface area contributed by atoms with E-state index in [1.165, 1.54) is 19.3 Å². The number of barbiturate groups is 1. The van der Waals surface area contributed by atoms with Crippen molar-refractivity contribution in [2.24, 2.45) is 0 Å². The number of nitrogens with one attached hydrogen (secondary N) is 1. The number of imide groups is 2. The van der Waals surface area contributed by atoms with Gasteiger partial charge in [-0.2, -0.15) is 0 Å². The first kappa shape index (κ1) is 16.6. The highest BCUT2D eigenvalue weighted by Gasteiger charge is 2.37. The zero-order valence-electron chi connectivity index (χ0n) is 14.2. The number of nitrogens with zero attached hydrogens (tertiary/aromatic N) is 1. The maximum atomic E-state index is 12.9. The molecule has 1 fully saturated rings. The van der Waals surface area contributed by atoms with Crippen molar-refractivity contribution in [1.82, 2.24) is 5.32 Å².